The molecule has 7 heteroatoms. The molecule has 21 rings (SSSR count). The van der Waals surface area contributed by atoms with E-state index in [1.165, 1.54) is 176 Å². The van der Waals surface area contributed by atoms with Crippen molar-refractivity contribution in [3.8, 4) is 101 Å². The summed E-state index contributed by atoms with van der Waals surface area (Å²) in [5, 5.41) is 14.5. The molecule has 0 aliphatic heterocycles. The predicted molar refractivity (Wildman–Crippen MR) is 448 cm³/mol. The highest BCUT2D eigenvalue weighted by Gasteiger charge is 2.39. The second kappa shape index (κ2) is 25.4. The molecule has 0 spiro atoms. The van der Waals surface area contributed by atoms with Crippen molar-refractivity contribution in [3.05, 3.63) is 355 Å². The summed E-state index contributed by atoms with van der Waals surface area (Å²) < 4.78 is 0. The van der Waals surface area contributed by atoms with Crippen molar-refractivity contribution in [3.63, 3.8) is 0 Å². The Bertz CT molecular complexity index is 6090. The first-order chi connectivity index (χ1) is 52.6. The van der Waals surface area contributed by atoms with E-state index in [1.807, 2.05) is 18.5 Å². The second-order valence-corrected chi connectivity index (χ2v) is 31.0. The molecule has 15 aromatic carbocycles. The van der Waals surface area contributed by atoms with Gasteiger partial charge in [0.15, 0.2) is 5.82 Å². The highest BCUT2D eigenvalue weighted by molar-refractivity contribution is 6.24. The third-order valence-corrected chi connectivity index (χ3v) is 23.5. The van der Waals surface area contributed by atoms with E-state index in [4.69, 9.17) is 4.98 Å². The maximum Gasteiger partial charge on any atom is 0.163 e. The van der Waals surface area contributed by atoms with Crippen molar-refractivity contribution in [2.45, 2.75) is 78.6 Å². The predicted octanol–water partition coefficient (Wildman–Crippen LogP) is 25.6. The third-order valence-electron chi connectivity index (χ3n) is 23.5. The SMILES string of the molecule is Cc1ccc2c(-c3ccncn3)c3ccccc3c(-c3ccc4c(c3)-c3ccccc3C4(C)C)c2c1.Cc1ccc2c(-c3cnccn3)c3ccccc3c(-c3ccc4c(c3)-c3ccccc3C4(C)C)c2c1.Cc1ccc2c(-c3ncncn3)c3ccccc3c(-c3ccc4c(c3)-c3ccccc3C4(C)C)c2c1. The van der Waals surface area contributed by atoms with Gasteiger partial charge in [-0.2, -0.15) is 0 Å². The summed E-state index contributed by atoms with van der Waals surface area (Å²) in [5.74, 6) is 0.700. The molecule has 0 saturated carbocycles. The van der Waals surface area contributed by atoms with Crippen LogP contribution in [-0.4, -0.2) is 34.9 Å². The van der Waals surface area contributed by atoms with Crippen molar-refractivity contribution in [1.82, 2.24) is 34.9 Å². The van der Waals surface area contributed by atoms with Crippen LogP contribution in [0.3, 0.4) is 0 Å². The lowest BCUT2D eigenvalue weighted by Gasteiger charge is -2.22. The van der Waals surface area contributed by atoms with Crippen LogP contribution in [0.15, 0.2) is 305 Å². The Balaban J connectivity index is 0.000000110. The zero-order valence-electron chi connectivity index (χ0n) is 62.0. The fourth-order valence-corrected chi connectivity index (χ4v) is 18.5. The van der Waals surface area contributed by atoms with Gasteiger partial charge in [-0.25, -0.2) is 24.9 Å². The van der Waals surface area contributed by atoms with E-state index < -0.39 is 0 Å². The zero-order valence-corrected chi connectivity index (χ0v) is 62.0. The number of fused-ring (bicyclic) bond motifs is 15. The van der Waals surface area contributed by atoms with E-state index >= 15 is 0 Å². The van der Waals surface area contributed by atoms with Crippen molar-refractivity contribution < 1.29 is 0 Å². The molecule has 0 amide bonds. The van der Waals surface area contributed by atoms with Crippen LogP contribution in [0.1, 0.15) is 91.6 Å². The van der Waals surface area contributed by atoms with Gasteiger partial charge in [0.05, 0.1) is 17.6 Å². The highest BCUT2D eigenvalue weighted by Crippen LogP contribution is 2.56. The van der Waals surface area contributed by atoms with Crippen LogP contribution in [0.25, 0.3) is 165 Å². The van der Waals surface area contributed by atoms with Crippen molar-refractivity contribution in [2.75, 3.05) is 0 Å². The smallest absolute Gasteiger partial charge is 0.163 e. The molecule has 3 aromatic heterocycles. The van der Waals surface area contributed by atoms with Crippen molar-refractivity contribution in [1.29, 1.82) is 0 Å². The maximum absolute atomic E-state index is 4.70. The Kier molecular flexibility index (Phi) is 15.5. The van der Waals surface area contributed by atoms with E-state index in [-0.39, 0.29) is 16.2 Å². The fraction of sp³-hybridized carbons (Fsp3) is 0.119. The topological polar surface area (TPSA) is 90.2 Å². The van der Waals surface area contributed by atoms with Crippen LogP contribution >= 0.6 is 0 Å². The summed E-state index contributed by atoms with van der Waals surface area (Å²) in [7, 11) is 0. The van der Waals surface area contributed by atoms with Crippen LogP contribution in [0.5, 0.6) is 0 Å². The zero-order chi connectivity index (χ0) is 73.3. The number of benzene rings is 15. The number of hydrogen-bond donors (Lipinski definition) is 0. The largest absolute Gasteiger partial charge is 0.261 e. The number of rotatable bonds is 6. The lowest BCUT2D eigenvalue weighted by Crippen LogP contribution is -2.14. The van der Waals surface area contributed by atoms with Gasteiger partial charge in [0.2, 0.25) is 0 Å². The Labute approximate surface area is 629 Å². The van der Waals surface area contributed by atoms with Gasteiger partial charge in [0.25, 0.3) is 0 Å². The molecule has 0 saturated heterocycles. The molecule has 3 heterocycles. The lowest BCUT2D eigenvalue weighted by atomic mass is 9.81. The minimum Gasteiger partial charge on any atom is -0.261 e. The van der Waals surface area contributed by atoms with E-state index in [2.05, 4.69) is 347 Å². The molecule has 7 nitrogen and oxygen atoms in total. The first kappa shape index (κ1) is 65.8. The molecular weight excluding hydrogens is 1310 g/mol. The van der Waals surface area contributed by atoms with Crippen molar-refractivity contribution in [2.24, 2.45) is 0 Å². The van der Waals surface area contributed by atoms with Crippen LogP contribution in [0, 0.1) is 20.8 Å². The molecule has 0 atom stereocenters. The molecule has 0 radical (unpaired) electrons. The van der Waals surface area contributed by atoms with E-state index in [0.29, 0.717) is 5.82 Å². The lowest BCUT2D eigenvalue weighted by molar-refractivity contribution is 0.660. The molecule has 3 aliphatic rings. The van der Waals surface area contributed by atoms with Gasteiger partial charge in [-0.15, -0.1) is 0 Å². The summed E-state index contributed by atoms with van der Waals surface area (Å²) >= 11 is 0. The molecule has 108 heavy (non-hydrogen) atoms. The minimum absolute atomic E-state index is 0.00101. The first-order valence-electron chi connectivity index (χ1n) is 37.4. The quantitative estimate of drug-likeness (QED) is 0.153. The fourth-order valence-electron chi connectivity index (χ4n) is 18.5. The van der Waals surface area contributed by atoms with Crippen LogP contribution in [0.2, 0.25) is 0 Å². The number of aromatic nitrogens is 7. The summed E-state index contributed by atoms with van der Waals surface area (Å²) in [6.07, 6.45) is 12.0. The van der Waals surface area contributed by atoms with Crippen LogP contribution < -0.4 is 0 Å². The van der Waals surface area contributed by atoms with E-state index in [1.54, 1.807) is 31.4 Å². The van der Waals surface area contributed by atoms with Gasteiger partial charge in [-0.05, 0) is 210 Å². The van der Waals surface area contributed by atoms with Crippen molar-refractivity contribution >= 4 is 64.6 Å². The molecule has 516 valence electrons. The Morgan fingerprint density at radius 3 is 0.935 bits per heavy atom. The van der Waals surface area contributed by atoms with Crippen LogP contribution in [-0.2, 0) is 16.2 Å². The Hall–Kier alpha value is -13.0. The number of hydrogen-bond acceptors (Lipinski definition) is 7. The van der Waals surface area contributed by atoms with Gasteiger partial charge >= 0.3 is 0 Å². The number of aryl methyl sites for hydroxylation is 3. The molecule has 0 fully saturated rings. The summed E-state index contributed by atoms with van der Waals surface area (Å²) in [4.78, 5) is 31.0. The normalized spacial score (nSPS) is 13.6. The first-order valence-corrected chi connectivity index (χ1v) is 37.4. The summed E-state index contributed by atoms with van der Waals surface area (Å²) in [6.45, 7) is 20.5. The second-order valence-electron chi connectivity index (χ2n) is 31.0. The van der Waals surface area contributed by atoms with Gasteiger partial charge in [0, 0.05) is 51.5 Å². The monoisotopic (exact) mass is 1390 g/mol. The summed E-state index contributed by atoms with van der Waals surface area (Å²) in [6, 6.07) is 96.1. The third kappa shape index (κ3) is 10.4. The molecule has 3 aliphatic carbocycles. The van der Waals surface area contributed by atoms with Crippen LogP contribution in [0.4, 0.5) is 0 Å². The van der Waals surface area contributed by atoms with Gasteiger partial charge in [-0.3, -0.25) is 9.97 Å². The summed E-state index contributed by atoms with van der Waals surface area (Å²) in [5.41, 5.74) is 32.9. The Morgan fingerprint density at radius 2 is 0.556 bits per heavy atom. The highest BCUT2D eigenvalue weighted by atomic mass is 15.0. The molecule has 0 bridgehead atoms. The van der Waals surface area contributed by atoms with Gasteiger partial charge < -0.3 is 0 Å². The van der Waals surface area contributed by atoms with E-state index in [9.17, 15) is 0 Å². The van der Waals surface area contributed by atoms with Gasteiger partial charge in [0.1, 0.15) is 19.0 Å². The molecule has 0 N–H and O–H groups in total. The number of nitrogens with zero attached hydrogens (tertiary/aromatic N) is 7. The average molecular weight is 1390 g/mol. The maximum atomic E-state index is 4.70. The Morgan fingerprint density at radius 1 is 0.222 bits per heavy atom. The van der Waals surface area contributed by atoms with Gasteiger partial charge in [-0.1, -0.05) is 295 Å². The molecule has 0 unspecified atom stereocenters. The average Bonchev–Trinajstić information content (AvgIpc) is 1.26. The van der Waals surface area contributed by atoms with E-state index in [0.717, 1.165) is 33.3 Å². The minimum atomic E-state index is -0.00623. The standard InChI is InChI=1S/2C34H26N2.C33H25N3/c1-21-12-14-26-28(18-21)32(24-9-4-5-10-25(24)33(26)31-20-35-16-17-36-31)22-13-15-30-27(19-22)23-8-6-7-11-29(23)34(30,2)3;1-21-12-14-26-28(18-21)32(24-9-4-5-10-25(24)33(26)31-16-17-35-20-36-31)22-13-15-30-27(19-22)23-8-6-7-11-29(23)34(30,2)3;1-20-12-14-25-27(16-20)30(23-9-4-5-10-24(23)31(25)32-35-18-34-19-36-32)21-13-15-29-26(17-21)22-8-6-7-11-28(22)33(29,2)3/h2*4-20H,1-3H3;4-19H,1-3H3. The molecular formula is C101H77N7. The molecule has 18 aromatic rings.